The molecule has 1 aromatic rings. The van der Waals surface area contributed by atoms with E-state index in [9.17, 15) is 9.59 Å². The Labute approximate surface area is 201 Å². The minimum atomic E-state index is -0.404. The van der Waals surface area contributed by atoms with Gasteiger partial charge < -0.3 is 9.47 Å². The van der Waals surface area contributed by atoms with Crippen molar-refractivity contribution in [2.24, 2.45) is 11.8 Å². The second-order valence-corrected chi connectivity index (χ2v) is 9.96. The van der Waals surface area contributed by atoms with Crippen LogP contribution in [0.2, 0.25) is 0 Å². The normalized spacial score (nSPS) is 18.3. The SMILES string of the molecule is CCCCCCCCCCCCOC(=O)C1CCCCC1C(=O)Oc1ccccc1C(C)C. The second kappa shape index (κ2) is 15.9. The fourth-order valence-electron chi connectivity index (χ4n) is 4.80. The molecule has 4 nitrogen and oxygen atoms in total. The summed E-state index contributed by atoms with van der Waals surface area (Å²) < 4.78 is 11.4. The zero-order valence-corrected chi connectivity index (χ0v) is 21.3. The van der Waals surface area contributed by atoms with Crippen molar-refractivity contribution in [3.8, 4) is 5.75 Å². The summed E-state index contributed by atoms with van der Waals surface area (Å²) in [6, 6.07) is 7.68. The lowest BCUT2D eigenvalue weighted by Crippen LogP contribution is -2.36. The topological polar surface area (TPSA) is 52.6 Å². The molecule has 2 rings (SSSR count). The summed E-state index contributed by atoms with van der Waals surface area (Å²) >= 11 is 0. The first-order chi connectivity index (χ1) is 16.0. The van der Waals surface area contributed by atoms with Gasteiger partial charge in [-0.15, -0.1) is 0 Å². The van der Waals surface area contributed by atoms with Crippen LogP contribution in [0.4, 0.5) is 0 Å². The highest BCUT2D eigenvalue weighted by molar-refractivity contribution is 5.83. The van der Waals surface area contributed by atoms with E-state index in [4.69, 9.17) is 9.47 Å². The molecule has 4 heteroatoms. The Morgan fingerprint density at radius 1 is 0.818 bits per heavy atom. The van der Waals surface area contributed by atoms with Crippen molar-refractivity contribution in [3.05, 3.63) is 29.8 Å². The van der Waals surface area contributed by atoms with Gasteiger partial charge in [-0.2, -0.15) is 0 Å². The number of unbranched alkanes of at least 4 members (excludes halogenated alkanes) is 9. The molecular weight excluding hydrogens is 412 g/mol. The Balaban J connectivity index is 1.71. The molecule has 1 saturated carbocycles. The van der Waals surface area contributed by atoms with Gasteiger partial charge in [0.15, 0.2) is 0 Å². The number of hydrogen-bond acceptors (Lipinski definition) is 4. The maximum Gasteiger partial charge on any atom is 0.315 e. The Hall–Kier alpha value is -1.84. The van der Waals surface area contributed by atoms with E-state index in [-0.39, 0.29) is 23.8 Å². The van der Waals surface area contributed by atoms with Crippen LogP contribution >= 0.6 is 0 Å². The molecule has 1 aliphatic carbocycles. The van der Waals surface area contributed by atoms with E-state index in [1.54, 1.807) is 0 Å². The Bertz CT molecular complexity index is 697. The average molecular weight is 459 g/mol. The zero-order chi connectivity index (χ0) is 23.9. The van der Waals surface area contributed by atoms with E-state index in [0.29, 0.717) is 25.2 Å². The number of esters is 2. The van der Waals surface area contributed by atoms with E-state index in [1.165, 1.54) is 51.4 Å². The first kappa shape index (κ1) is 27.4. The van der Waals surface area contributed by atoms with Gasteiger partial charge in [0.25, 0.3) is 0 Å². The van der Waals surface area contributed by atoms with Crippen LogP contribution in [0.15, 0.2) is 24.3 Å². The third-order valence-electron chi connectivity index (χ3n) is 6.87. The maximum atomic E-state index is 13.0. The van der Waals surface area contributed by atoms with Crippen LogP contribution in [0, 0.1) is 11.8 Å². The molecule has 1 aliphatic rings. The van der Waals surface area contributed by atoms with Crippen LogP contribution in [0.25, 0.3) is 0 Å². The van der Waals surface area contributed by atoms with E-state index in [0.717, 1.165) is 31.2 Å². The number of carbonyl (C=O) groups excluding carboxylic acids is 2. The summed E-state index contributed by atoms with van der Waals surface area (Å²) in [6.07, 6.45) is 15.9. The monoisotopic (exact) mass is 458 g/mol. The number of para-hydroxylation sites is 1. The molecule has 0 aliphatic heterocycles. The lowest BCUT2D eigenvalue weighted by molar-refractivity contribution is -0.158. The van der Waals surface area contributed by atoms with Crippen LogP contribution < -0.4 is 4.74 Å². The molecular formula is C29H46O4. The van der Waals surface area contributed by atoms with Gasteiger partial charge in [-0.05, 0) is 36.8 Å². The Morgan fingerprint density at radius 3 is 1.97 bits per heavy atom. The number of rotatable bonds is 15. The van der Waals surface area contributed by atoms with Crippen LogP contribution in [-0.2, 0) is 14.3 Å². The molecule has 1 aromatic carbocycles. The van der Waals surface area contributed by atoms with Crippen molar-refractivity contribution in [1.29, 1.82) is 0 Å². The van der Waals surface area contributed by atoms with Gasteiger partial charge >= 0.3 is 11.9 Å². The fourth-order valence-corrected chi connectivity index (χ4v) is 4.80. The third kappa shape index (κ3) is 9.90. The number of benzene rings is 1. The van der Waals surface area contributed by atoms with Crippen LogP contribution in [0.1, 0.15) is 122 Å². The first-order valence-electron chi connectivity index (χ1n) is 13.5. The van der Waals surface area contributed by atoms with Gasteiger partial charge in [-0.25, -0.2) is 0 Å². The first-order valence-corrected chi connectivity index (χ1v) is 13.5. The van der Waals surface area contributed by atoms with Gasteiger partial charge in [-0.3, -0.25) is 9.59 Å². The second-order valence-electron chi connectivity index (χ2n) is 9.96. The lowest BCUT2D eigenvalue weighted by Gasteiger charge is -2.28. The van der Waals surface area contributed by atoms with E-state index in [1.807, 2.05) is 24.3 Å². The fraction of sp³-hybridized carbons (Fsp3) is 0.724. The minimum absolute atomic E-state index is 0.218. The van der Waals surface area contributed by atoms with Crippen molar-refractivity contribution in [2.45, 2.75) is 117 Å². The van der Waals surface area contributed by atoms with Crippen molar-refractivity contribution in [2.75, 3.05) is 6.61 Å². The molecule has 0 aromatic heterocycles. The molecule has 33 heavy (non-hydrogen) atoms. The highest BCUT2D eigenvalue weighted by Crippen LogP contribution is 2.34. The smallest absolute Gasteiger partial charge is 0.315 e. The van der Waals surface area contributed by atoms with E-state index >= 15 is 0 Å². The maximum absolute atomic E-state index is 13.0. The summed E-state index contributed by atoms with van der Waals surface area (Å²) in [4.78, 5) is 25.8. The highest BCUT2D eigenvalue weighted by Gasteiger charge is 2.38. The van der Waals surface area contributed by atoms with Crippen LogP contribution in [-0.4, -0.2) is 18.5 Å². The molecule has 2 unspecified atom stereocenters. The average Bonchev–Trinajstić information content (AvgIpc) is 2.82. The van der Waals surface area contributed by atoms with Crippen LogP contribution in [0.5, 0.6) is 5.75 Å². The van der Waals surface area contributed by atoms with Crippen molar-refractivity contribution in [3.63, 3.8) is 0 Å². The van der Waals surface area contributed by atoms with E-state index in [2.05, 4.69) is 20.8 Å². The molecule has 0 radical (unpaired) electrons. The molecule has 0 bridgehead atoms. The third-order valence-corrected chi connectivity index (χ3v) is 6.87. The van der Waals surface area contributed by atoms with Gasteiger partial charge in [0.1, 0.15) is 5.75 Å². The zero-order valence-electron chi connectivity index (χ0n) is 21.3. The van der Waals surface area contributed by atoms with Gasteiger partial charge in [0.05, 0.1) is 18.4 Å². The van der Waals surface area contributed by atoms with Crippen molar-refractivity contribution in [1.82, 2.24) is 0 Å². The molecule has 0 amide bonds. The van der Waals surface area contributed by atoms with E-state index < -0.39 is 5.92 Å². The molecule has 0 heterocycles. The summed E-state index contributed by atoms with van der Waals surface area (Å²) in [5.41, 5.74) is 1.02. The van der Waals surface area contributed by atoms with Gasteiger partial charge in [0.2, 0.25) is 0 Å². The summed E-state index contributed by atoms with van der Waals surface area (Å²) in [5, 5.41) is 0. The van der Waals surface area contributed by atoms with Gasteiger partial charge in [-0.1, -0.05) is 110 Å². The van der Waals surface area contributed by atoms with Crippen LogP contribution in [0.3, 0.4) is 0 Å². The van der Waals surface area contributed by atoms with Gasteiger partial charge in [0, 0.05) is 0 Å². The van der Waals surface area contributed by atoms with Crippen molar-refractivity contribution < 1.29 is 19.1 Å². The Morgan fingerprint density at radius 2 is 1.36 bits per heavy atom. The molecule has 1 fully saturated rings. The van der Waals surface area contributed by atoms with Crippen molar-refractivity contribution >= 4 is 11.9 Å². The number of ether oxygens (including phenoxy) is 2. The summed E-state index contributed by atoms with van der Waals surface area (Å²) in [6.45, 7) is 6.88. The molecule has 0 spiro atoms. The summed E-state index contributed by atoms with van der Waals surface area (Å²) in [5.74, 6) is -0.407. The number of carbonyl (C=O) groups is 2. The minimum Gasteiger partial charge on any atom is -0.465 e. The predicted molar refractivity (Wildman–Crippen MR) is 134 cm³/mol. The molecule has 2 atom stereocenters. The highest BCUT2D eigenvalue weighted by atomic mass is 16.5. The quantitative estimate of drug-likeness (QED) is 0.152. The number of hydrogen-bond donors (Lipinski definition) is 0. The Kier molecular flexibility index (Phi) is 13.2. The predicted octanol–water partition coefficient (Wildman–Crippen LogP) is 7.99. The molecule has 0 saturated heterocycles. The summed E-state index contributed by atoms with van der Waals surface area (Å²) in [7, 11) is 0. The molecule has 186 valence electrons. The standard InChI is InChI=1S/C29H46O4/c1-4-5-6-7-8-9-10-11-12-17-22-32-28(30)25-19-13-14-20-26(25)29(31)33-27-21-16-15-18-24(27)23(2)3/h15-16,18,21,23,25-26H,4-14,17,19-20,22H2,1-3H3. The largest absolute Gasteiger partial charge is 0.465 e. The molecule has 0 N–H and O–H groups in total. The lowest BCUT2D eigenvalue weighted by atomic mass is 9.79.